The lowest BCUT2D eigenvalue weighted by molar-refractivity contribution is -0.150. The molecule has 1 aromatic heterocycles. The Morgan fingerprint density at radius 2 is 1.54 bits per heavy atom. The van der Waals surface area contributed by atoms with E-state index in [9.17, 15) is 21.6 Å². The van der Waals surface area contributed by atoms with Gasteiger partial charge in [0.2, 0.25) is 0 Å². The highest BCUT2D eigenvalue weighted by Gasteiger charge is 2.45. The number of nitrogens with zero attached hydrogens (tertiary/aromatic N) is 1. The van der Waals surface area contributed by atoms with Gasteiger partial charge in [0.05, 0.1) is 35.5 Å². The van der Waals surface area contributed by atoms with Gasteiger partial charge >= 0.3 is 5.97 Å². The van der Waals surface area contributed by atoms with Gasteiger partial charge in [-0.05, 0) is 42.3 Å². The number of para-hydroxylation sites is 1. The summed E-state index contributed by atoms with van der Waals surface area (Å²) in [6, 6.07) is 22.7. The number of hydrogen-bond acceptors (Lipinski definition) is 8. The quantitative estimate of drug-likeness (QED) is 0.253. The number of ether oxygens (including phenoxy) is 1. The molecule has 0 aliphatic carbocycles. The first-order valence-electron chi connectivity index (χ1n) is 12.3. The minimum atomic E-state index is -4.12. The first kappa shape index (κ1) is 27.1. The molecule has 1 aliphatic rings. The molecule has 4 aromatic rings. The molecule has 3 aromatic carbocycles. The van der Waals surface area contributed by atoms with Crippen molar-refractivity contribution in [1.29, 1.82) is 0 Å². The average Bonchev–Trinajstić information content (AvgIpc) is 3.29. The van der Waals surface area contributed by atoms with Crippen LogP contribution in [0.15, 0.2) is 89.8 Å². The van der Waals surface area contributed by atoms with Gasteiger partial charge in [0.25, 0.3) is 20.1 Å². The Labute approximate surface area is 227 Å². The van der Waals surface area contributed by atoms with E-state index >= 15 is 0 Å². The lowest BCUT2D eigenvalue weighted by Gasteiger charge is -2.35. The largest absolute Gasteiger partial charge is 0.469 e. The zero-order chi connectivity index (χ0) is 27.8. The number of carbonyl (C=O) groups excluding carboxylic acids is 1. The van der Waals surface area contributed by atoms with Crippen LogP contribution in [0.4, 0.5) is 0 Å². The second-order valence-electron chi connectivity index (χ2n) is 9.33. The van der Waals surface area contributed by atoms with Gasteiger partial charge in [-0.25, -0.2) is 12.4 Å². The molecule has 0 saturated carbocycles. The summed E-state index contributed by atoms with van der Waals surface area (Å²) in [4.78, 5) is 13.6. The van der Waals surface area contributed by atoms with E-state index in [0.29, 0.717) is 29.7 Å². The second-order valence-corrected chi connectivity index (χ2v) is 12.7. The highest BCUT2D eigenvalue weighted by molar-refractivity contribution is 7.90. The second kappa shape index (κ2) is 10.6. The van der Waals surface area contributed by atoms with Crippen molar-refractivity contribution in [3.63, 3.8) is 0 Å². The van der Waals surface area contributed by atoms with Crippen LogP contribution in [0.25, 0.3) is 10.9 Å². The van der Waals surface area contributed by atoms with E-state index < -0.39 is 44.2 Å². The van der Waals surface area contributed by atoms with Crippen LogP contribution in [0.2, 0.25) is 0 Å². The van der Waals surface area contributed by atoms with Crippen LogP contribution in [0, 0.1) is 5.92 Å². The van der Waals surface area contributed by atoms with Crippen LogP contribution in [0.3, 0.4) is 0 Å². The maximum Gasteiger partial charge on any atom is 0.313 e. The standard InChI is InChI=1S/C28H28N2O7S2/c1-36-28(31)24(27(37-38(2,32)33)19-11-5-3-6-12-19)25-26-22(17-18-29-25)21-15-9-10-16-23(21)30(26)39(34,35)20-13-7-4-8-14-20/h3-16,24-25,27,29H,17-18H2,1-2H3. The van der Waals surface area contributed by atoms with Crippen LogP contribution < -0.4 is 5.32 Å². The van der Waals surface area contributed by atoms with E-state index in [2.05, 4.69) is 5.32 Å². The summed E-state index contributed by atoms with van der Waals surface area (Å²) in [6.45, 7) is 0.422. The number of methoxy groups -OCH3 is 1. The molecule has 39 heavy (non-hydrogen) atoms. The van der Waals surface area contributed by atoms with Crippen LogP contribution >= 0.6 is 0 Å². The lowest BCUT2D eigenvalue weighted by atomic mass is 9.84. The summed E-state index contributed by atoms with van der Waals surface area (Å²) in [5.41, 5.74) is 2.00. The molecule has 5 rings (SSSR count). The predicted molar refractivity (Wildman–Crippen MR) is 146 cm³/mol. The van der Waals surface area contributed by atoms with E-state index in [-0.39, 0.29) is 4.90 Å². The Bertz CT molecular complexity index is 1720. The van der Waals surface area contributed by atoms with Crippen molar-refractivity contribution < 1.29 is 30.6 Å². The molecule has 1 N–H and O–H groups in total. The number of nitrogens with one attached hydrogen (secondary N) is 1. The summed E-state index contributed by atoms with van der Waals surface area (Å²) >= 11 is 0. The monoisotopic (exact) mass is 568 g/mol. The van der Waals surface area contributed by atoms with Crippen molar-refractivity contribution in [1.82, 2.24) is 9.29 Å². The molecule has 0 amide bonds. The van der Waals surface area contributed by atoms with Gasteiger partial charge in [-0.3, -0.25) is 8.98 Å². The SMILES string of the molecule is COC(=O)C(C1NCCc2c1n(S(=O)(=O)c1ccccc1)c1ccccc21)C(OS(C)(=O)=O)c1ccccc1. The maximum absolute atomic E-state index is 14.1. The van der Waals surface area contributed by atoms with E-state index in [4.69, 9.17) is 8.92 Å². The Kier molecular flexibility index (Phi) is 7.34. The molecule has 0 spiro atoms. The molecule has 0 fully saturated rings. The van der Waals surface area contributed by atoms with Crippen molar-refractivity contribution >= 4 is 37.0 Å². The number of carbonyl (C=O) groups is 1. The van der Waals surface area contributed by atoms with E-state index in [0.717, 1.165) is 17.2 Å². The van der Waals surface area contributed by atoms with Crippen LogP contribution in [0.5, 0.6) is 0 Å². The minimum absolute atomic E-state index is 0.0829. The first-order chi connectivity index (χ1) is 18.6. The van der Waals surface area contributed by atoms with Crippen LogP contribution in [-0.2, 0) is 40.3 Å². The van der Waals surface area contributed by atoms with Crippen molar-refractivity contribution in [3.05, 3.63) is 102 Å². The van der Waals surface area contributed by atoms with Crippen molar-refractivity contribution in [3.8, 4) is 0 Å². The summed E-state index contributed by atoms with van der Waals surface area (Å²) in [7, 11) is -6.96. The number of fused-ring (bicyclic) bond motifs is 3. The van der Waals surface area contributed by atoms with Crippen molar-refractivity contribution in [2.45, 2.75) is 23.5 Å². The molecular weight excluding hydrogens is 540 g/mol. The smallest absolute Gasteiger partial charge is 0.313 e. The van der Waals surface area contributed by atoms with Gasteiger partial charge in [-0.2, -0.15) is 8.42 Å². The fourth-order valence-electron chi connectivity index (χ4n) is 5.30. The highest BCUT2D eigenvalue weighted by Crippen LogP contribution is 2.44. The first-order valence-corrected chi connectivity index (χ1v) is 15.6. The van der Waals surface area contributed by atoms with Gasteiger partial charge in [-0.15, -0.1) is 0 Å². The Hall–Kier alpha value is -3.51. The summed E-state index contributed by atoms with van der Waals surface area (Å²) in [5, 5.41) is 4.03. The van der Waals surface area contributed by atoms with Gasteiger partial charge in [0.1, 0.15) is 12.0 Å². The third-order valence-electron chi connectivity index (χ3n) is 6.86. The van der Waals surface area contributed by atoms with Crippen molar-refractivity contribution in [2.75, 3.05) is 19.9 Å². The van der Waals surface area contributed by atoms with E-state index in [1.807, 2.05) is 12.1 Å². The number of hydrogen-bond donors (Lipinski definition) is 1. The molecule has 0 bridgehead atoms. The fourth-order valence-corrected chi connectivity index (χ4v) is 7.52. The summed E-state index contributed by atoms with van der Waals surface area (Å²) in [6.07, 6.45) is 0.122. The van der Waals surface area contributed by atoms with Crippen LogP contribution in [-0.4, -0.2) is 46.7 Å². The zero-order valence-corrected chi connectivity index (χ0v) is 23.0. The summed E-state index contributed by atoms with van der Waals surface area (Å²) in [5.74, 6) is -1.99. The molecule has 3 atom stereocenters. The predicted octanol–water partition coefficient (Wildman–Crippen LogP) is 3.57. The van der Waals surface area contributed by atoms with Gasteiger partial charge in [0, 0.05) is 5.39 Å². The summed E-state index contributed by atoms with van der Waals surface area (Å²) < 4.78 is 65.1. The Morgan fingerprint density at radius 1 is 0.923 bits per heavy atom. The normalized spacial score (nSPS) is 17.3. The number of aromatic nitrogens is 1. The molecule has 0 saturated heterocycles. The number of esters is 1. The zero-order valence-electron chi connectivity index (χ0n) is 21.4. The van der Waals surface area contributed by atoms with Gasteiger partial charge in [-0.1, -0.05) is 66.7 Å². The molecule has 11 heteroatoms. The molecule has 2 heterocycles. The molecule has 1 aliphatic heterocycles. The minimum Gasteiger partial charge on any atom is -0.469 e. The Morgan fingerprint density at radius 3 is 2.18 bits per heavy atom. The van der Waals surface area contributed by atoms with E-state index in [1.54, 1.807) is 60.7 Å². The lowest BCUT2D eigenvalue weighted by Crippen LogP contribution is -2.43. The van der Waals surface area contributed by atoms with E-state index in [1.165, 1.54) is 23.2 Å². The molecular formula is C28H28N2O7S2. The fraction of sp³-hybridized carbons (Fsp3) is 0.250. The van der Waals surface area contributed by atoms with Gasteiger partial charge in [0.15, 0.2) is 0 Å². The van der Waals surface area contributed by atoms with Crippen molar-refractivity contribution in [2.24, 2.45) is 5.92 Å². The number of benzene rings is 3. The maximum atomic E-state index is 14.1. The van der Waals surface area contributed by atoms with Gasteiger partial charge < -0.3 is 10.1 Å². The third kappa shape index (κ3) is 5.10. The molecule has 9 nitrogen and oxygen atoms in total. The number of rotatable bonds is 8. The highest BCUT2D eigenvalue weighted by atomic mass is 32.2. The third-order valence-corrected chi connectivity index (χ3v) is 9.16. The average molecular weight is 569 g/mol. The Balaban J connectivity index is 1.80. The molecule has 0 radical (unpaired) electrons. The van der Waals surface area contributed by atoms with Crippen LogP contribution in [0.1, 0.15) is 29.0 Å². The molecule has 204 valence electrons. The molecule has 3 unspecified atom stereocenters. The topological polar surface area (TPSA) is 121 Å².